The summed E-state index contributed by atoms with van der Waals surface area (Å²) in [4.78, 5) is 4.03. The summed E-state index contributed by atoms with van der Waals surface area (Å²) in [6, 6.07) is 7.91. The Bertz CT molecular complexity index is 571. The van der Waals surface area contributed by atoms with Crippen molar-refractivity contribution in [2.24, 2.45) is 10.7 Å². The highest BCUT2D eigenvalue weighted by Crippen LogP contribution is 2.18. The molecule has 120 valence electrons. The van der Waals surface area contributed by atoms with Crippen LogP contribution in [-0.2, 0) is 9.84 Å². The Morgan fingerprint density at radius 1 is 1.38 bits per heavy atom. The third-order valence-corrected chi connectivity index (χ3v) is 4.63. The van der Waals surface area contributed by atoms with E-state index in [9.17, 15) is 8.42 Å². The number of sulfone groups is 1. The topological polar surface area (TPSA) is 84.5 Å². The number of guanidine groups is 1. The van der Waals surface area contributed by atoms with Crippen LogP contribution in [0.3, 0.4) is 0 Å². The van der Waals surface area contributed by atoms with Crippen molar-refractivity contribution < 1.29 is 8.42 Å². The van der Waals surface area contributed by atoms with Gasteiger partial charge in [0.1, 0.15) is 0 Å². The number of hydrogen-bond donors (Lipinski definition) is 2. The maximum Gasteiger partial charge on any atom is 0.193 e. The van der Waals surface area contributed by atoms with E-state index in [0.29, 0.717) is 5.92 Å². The minimum absolute atomic E-state index is 0. The molecule has 1 aromatic carbocycles. The lowest BCUT2D eigenvalue weighted by Gasteiger charge is -2.10. The van der Waals surface area contributed by atoms with Crippen molar-refractivity contribution in [2.75, 3.05) is 23.4 Å². The zero-order valence-corrected chi connectivity index (χ0v) is 15.8. The third kappa shape index (κ3) is 7.66. The number of nitrogens with two attached hydrogens (primary N) is 1. The molecule has 1 rings (SSSR count). The molecule has 0 spiro atoms. The molecule has 0 unspecified atom stereocenters. The molecular weight excluding hydrogens is 401 g/mol. The molecule has 0 heterocycles. The zero-order valence-electron chi connectivity index (χ0n) is 12.7. The van der Waals surface area contributed by atoms with Crippen LogP contribution in [-0.4, -0.2) is 32.4 Å². The van der Waals surface area contributed by atoms with Crippen molar-refractivity contribution in [1.82, 2.24) is 0 Å². The van der Waals surface area contributed by atoms with Crippen molar-refractivity contribution in [3.8, 4) is 0 Å². The second-order valence-electron chi connectivity index (χ2n) is 4.91. The molecule has 0 aliphatic carbocycles. The monoisotopic (exact) mass is 425 g/mol. The lowest BCUT2D eigenvalue weighted by molar-refractivity contribution is 0.597. The fourth-order valence-corrected chi connectivity index (χ4v) is 2.27. The number of aliphatic imine (C=N–C) groups is 1. The van der Waals surface area contributed by atoms with Gasteiger partial charge in [0.25, 0.3) is 0 Å². The van der Waals surface area contributed by atoms with Gasteiger partial charge < -0.3 is 11.1 Å². The van der Waals surface area contributed by atoms with Gasteiger partial charge in [-0.2, -0.15) is 0 Å². The van der Waals surface area contributed by atoms with E-state index >= 15 is 0 Å². The van der Waals surface area contributed by atoms with E-state index < -0.39 is 9.84 Å². The number of halogens is 1. The van der Waals surface area contributed by atoms with E-state index in [-0.39, 0.29) is 48.0 Å². The summed E-state index contributed by atoms with van der Waals surface area (Å²) in [7, 11) is -3.00. The molecule has 0 radical (unpaired) electrons. The average molecular weight is 425 g/mol. The summed E-state index contributed by atoms with van der Waals surface area (Å²) in [5.74, 6) is 0.825. The van der Waals surface area contributed by atoms with E-state index in [1.807, 2.05) is 18.2 Å². The van der Waals surface area contributed by atoms with Crippen LogP contribution in [0.15, 0.2) is 29.3 Å². The molecule has 0 aliphatic rings. The Morgan fingerprint density at radius 3 is 2.62 bits per heavy atom. The highest BCUT2D eigenvalue weighted by Gasteiger charge is 2.06. The van der Waals surface area contributed by atoms with Crippen molar-refractivity contribution in [3.05, 3.63) is 29.8 Å². The summed E-state index contributed by atoms with van der Waals surface area (Å²) in [6.07, 6.45) is 0. The summed E-state index contributed by atoms with van der Waals surface area (Å²) >= 11 is 0. The summed E-state index contributed by atoms with van der Waals surface area (Å²) in [5.41, 5.74) is 7.81. The van der Waals surface area contributed by atoms with Gasteiger partial charge in [-0.15, -0.1) is 24.0 Å². The molecule has 0 amide bonds. The normalized spacial score (nSPS) is 12.1. The van der Waals surface area contributed by atoms with Gasteiger partial charge in [-0.05, 0) is 23.6 Å². The Hall–Kier alpha value is -0.830. The SMILES string of the molecule is CCS(=O)(=O)CCN=C(N)Nc1cccc(C(C)C)c1.I. The molecular formula is C14H24IN3O2S. The van der Waals surface area contributed by atoms with Gasteiger partial charge in [-0.3, -0.25) is 4.99 Å². The molecule has 0 fully saturated rings. The summed E-state index contributed by atoms with van der Waals surface area (Å²) < 4.78 is 22.7. The second kappa shape index (κ2) is 9.24. The first-order valence-electron chi connectivity index (χ1n) is 6.71. The molecule has 21 heavy (non-hydrogen) atoms. The largest absolute Gasteiger partial charge is 0.370 e. The molecule has 0 saturated carbocycles. The van der Waals surface area contributed by atoms with Crippen LogP contribution >= 0.6 is 24.0 Å². The quantitative estimate of drug-likeness (QED) is 0.417. The maximum absolute atomic E-state index is 11.3. The standard InChI is InChI=1S/C14H23N3O2S.HI/c1-4-20(18,19)9-8-16-14(15)17-13-7-5-6-12(10-13)11(2)3;/h5-7,10-11H,4,8-9H2,1-3H3,(H3,15,16,17);1H. The van der Waals surface area contributed by atoms with E-state index in [2.05, 4.69) is 30.2 Å². The van der Waals surface area contributed by atoms with Crippen LogP contribution in [0.2, 0.25) is 0 Å². The van der Waals surface area contributed by atoms with Gasteiger partial charge in [0.05, 0.1) is 12.3 Å². The van der Waals surface area contributed by atoms with Crippen LogP contribution in [0.5, 0.6) is 0 Å². The average Bonchev–Trinajstić information content (AvgIpc) is 2.38. The van der Waals surface area contributed by atoms with E-state index in [4.69, 9.17) is 5.73 Å². The van der Waals surface area contributed by atoms with Crippen molar-refractivity contribution in [3.63, 3.8) is 0 Å². The van der Waals surface area contributed by atoms with E-state index in [0.717, 1.165) is 5.69 Å². The predicted octanol–water partition coefficient (Wildman–Crippen LogP) is 2.59. The number of hydrogen-bond acceptors (Lipinski definition) is 3. The number of nitrogens with one attached hydrogen (secondary N) is 1. The molecule has 1 aromatic rings. The van der Waals surface area contributed by atoms with E-state index in [1.165, 1.54) is 5.56 Å². The Balaban J connectivity index is 0.00000400. The lowest BCUT2D eigenvalue weighted by Crippen LogP contribution is -2.24. The molecule has 3 N–H and O–H groups in total. The molecule has 0 atom stereocenters. The summed E-state index contributed by atoms with van der Waals surface area (Å²) in [5, 5.41) is 2.97. The third-order valence-electron chi connectivity index (χ3n) is 2.95. The first-order chi connectivity index (χ1) is 9.34. The molecule has 5 nitrogen and oxygen atoms in total. The highest BCUT2D eigenvalue weighted by atomic mass is 127. The van der Waals surface area contributed by atoms with Crippen LogP contribution in [0.1, 0.15) is 32.3 Å². The Labute approximate surface area is 144 Å². The summed E-state index contributed by atoms with van der Waals surface area (Å²) in [6.45, 7) is 6.04. The van der Waals surface area contributed by atoms with Crippen LogP contribution in [0.4, 0.5) is 5.69 Å². The zero-order chi connectivity index (χ0) is 15.2. The molecule has 0 aromatic heterocycles. The van der Waals surface area contributed by atoms with E-state index in [1.54, 1.807) is 6.92 Å². The van der Waals surface area contributed by atoms with Gasteiger partial charge in [0, 0.05) is 11.4 Å². The fourth-order valence-electron chi connectivity index (χ4n) is 1.61. The number of rotatable bonds is 6. The van der Waals surface area contributed by atoms with Gasteiger partial charge in [-0.1, -0.05) is 32.9 Å². The highest BCUT2D eigenvalue weighted by molar-refractivity contribution is 14.0. The minimum atomic E-state index is -3.00. The number of benzene rings is 1. The number of nitrogens with zero attached hydrogens (tertiary/aromatic N) is 1. The maximum atomic E-state index is 11.3. The predicted molar refractivity (Wildman–Crippen MR) is 100 cm³/mol. The number of anilines is 1. The first kappa shape index (κ1) is 20.2. The molecule has 7 heteroatoms. The van der Waals surface area contributed by atoms with Gasteiger partial charge in [0.2, 0.25) is 0 Å². The molecule has 0 bridgehead atoms. The van der Waals surface area contributed by atoms with Crippen LogP contribution < -0.4 is 11.1 Å². The molecule has 0 aliphatic heterocycles. The minimum Gasteiger partial charge on any atom is -0.370 e. The molecule has 0 saturated heterocycles. The van der Waals surface area contributed by atoms with Crippen molar-refractivity contribution in [2.45, 2.75) is 26.7 Å². The lowest BCUT2D eigenvalue weighted by atomic mass is 10.0. The smallest absolute Gasteiger partial charge is 0.193 e. The van der Waals surface area contributed by atoms with Gasteiger partial charge in [0.15, 0.2) is 15.8 Å². The Morgan fingerprint density at radius 2 is 2.05 bits per heavy atom. The van der Waals surface area contributed by atoms with Crippen molar-refractivity contribution in [1.29, 1.82) is 0 Å². The van der Waals surface area contributed by atoms with Gasteiger partial charge >= 0.3 is 0 Å². The second-order valence-corrected chi connectivity index (χ2v) is 7.38. The fraction of sp³-hybridized carbons (Fsp3) is 0.500. The van der Waals surface area contributed by atoms with Gasteiger partial charge in [-0.25, -0.2) is 8.42 Å². The van der Waals surface area contributed by atoms with Crippen molar-refractivity contribution >= 4 is 45.5 Å². The first-order valence-corrected chi connectivity index (χ1v) is 8.53. The Kier molecular flexibility index (Phi) is 8.88. The van der Waals surface area contributed by atoms with Crippen LogP contribution in [0, 0.1) is 0 Å². The van der Waals surface area contributed by atoms with Crippen LogP contribution in [0.25, 0.3) is 0 Å².